The van der Waals surface area contributed by atoms with E-state index in [0.29, 0.717) is 6.54 Å². The second-order valence-electron chi connectivity index (χ2n) is 7.13. The Labute approximate surface area is 155 Å². The van der Waals surface area contributed by atoms with Gasteiger partial charge in [0.1, 0.15) is 17.9 Å². The fraction of sp³-hybridized carbons (Fsp3) is 0.500. The molecule has 6 nitrogen and oxygen atoms in total. The van der Waals surface area contributed by atoms with Crippen molar-refractivity contribution in [2.24, 2.45) is 4.99 Å². The summed E-state index contributed by atoms with van der Waals surface area (Å²) in [5.74, 6) is 2.46. The standard InChI is InChI=1S/C20H28N4O2/c1-5-14-11-15(26-24-14)13-22-19(21-6-2)23-17-12-20(3,4)25-18-10-8-7-9-16(17)18/h7-11,17H,5-6,12-13H2,1-4H3,(H2,21,22,23). The van der Waals surface area contributed by atoms with E-state index in [1.54, 1.807) is 0 Å². The molecule has 1 aromatic carbocycles. The van der Waals surface area contributed by atoms with E-state index in [-0.39, 0.29) is 11.6 Å². The van der Waals surface area contributed by atoms with E-state index < -0.39 is 0 Å². The van der Waals surface area contributed by atoms with Crippen LogP contribution in [0.2, 0.25) is 0 Å². The number of nitrogens with zero attached hydrogens (tertiary/aromatic N) is 2. The first kappa shape index (κ1) is 18.3. The highest BCUT2D eigenvalue weighted by molar-refractivity contribution is 5.80. The molecule has 0 saturated carbocycles. The molecule has 26 heavy (non-hydrogen) atoms. The van der Waals surface area contributed by atoms with E-state index in [2.05, 4.69) is 54.5 Å². The number of guanidine groups is 1. The van der Waals surface area contributed by atoms with E-state index in [9.17, 15) is 0 Å². The zero-order valence-corrected chi connectivity index (χ0v) is 16.0. The van der Waals surface area contributed by atoms with Crippen molar-refractivity contribution in [1.82, 2.24) is 15.8 Å². The molecule has 1 aliphatic heterocycles. The molecule has 1 aromatic heterocycles. The van der Waals surface area contributed by atoms with Gasteiger partial charge in [-0.2, -0.15) is 0 Å². The lowest BCUT2D eigenvalue weighted by molar-refractivity contribution is 0.0694. The first-order valence-electron chi connectivity index (χ1n) is 9.28. The summed E-state index contributed by atoms with van der Waals surface area (Å²) in [5.41, 5.74) is 1.88. The normalized spacial score (nSPS) is 18.8. The average Bonchev–Trinajstić information content (AvgIpc) is 3.07. The van der Waals surface area contributed by atoms with Gasteiger partial charge in [0.2, 0.25) is 0 Å². The van der Waals surface area contributed by atoms with Gasteiger partial charge in [-0.05, 0) is 33.3 Å². The Hall–Kier alpha value is -2.50. The highest BCUT2D eigenvalue weighted by Crippen LogP contribution is 2.39. The lowest BCUT2D eigenvalue weighted by atomic mass is 9.90. The van der Waals surface area contributed by atoms with Crippen LogP contribution in [-0.2, 0) is 13.0 Å². The Bertz CT molecular complexity index is 767. The van der Waals surface area contributed by atoms with Crippen LogP contribution in [0.3, 0.4) is 0 Å². The van der Waals surface area contributed by atoms with Gasteiger partial charge in [-0.25, -0.2) is 4.99 Å². The smallest absolute Gasteiger partial charge is 0.192 e. The maximum atomic E-state index is 6.11. The third-order valence-electron chi connectivity index (χ3n) is 4.39. The lowest BCUT2D eigenvalue weighted by Crippen LogP contribution is -2.45. The molecule has 0 bridgehead atoms. The van der Waals surface area contributed by atoms with Crippen LogP contribution < -0.4 is 15.4 Å². The number of aliphatic imine (C=N–C) groups is 1. The van der Waals surface area contributed by atoms with Crippen molar-refractivity contribution in [1.29, 1.82) is 0 Å². The number of benzene rings is 1. The molecular formula is C20H28N4O2. The number of hydrogen-bond acceptors (Lipinski definition) is 4. The number of hydrogen-bond donors (Lipinski definition) is 2. The summed E-state index contributed by atoms with van der Waals surface area (Å²) >= 11 is 0. The van der Waals surface area contributed by atoms with Gasteiger partial charge in [0, 0.05) is 24.6 Å². The van der Waals surface area contributed by atoms with Crippen molar-refractivity contribution in [3.05, 3.63) is 47.3 Å². The zero-order valence-electron chi connectivity index (χ0n) is 16.0. The number of rotatable bonds is 5. The minimum Gasteiger partial charge on any atom is -0.487 e. The number of aryl methyl sites for hydroxylation is 1. The SMILES string of the molecule is CCNC(=NCc1cc(CC)no1)NC1CC(C)(C)Oc2ccccc21. The van der Waals surface area contributed by atoms with Crippen LogP contribution in [0.25, 0.3) is 0 Å². The third kappa shape index (κ3) is 4.36. The van der Waals surface area contributed by atoms with Crippen LogP contribution >= 0.6 is 0 Å². The molecule has 2 N–H and O–H groups in total. The quantitative estimate of drug-likeness (QED) is 0.633. The van der Waals surface area contributed by atoms with Gasteiger partial charge >= 0.3 is 0 Å². The fourth-order valence-corrected chi connectivity index (χ4v) is 3.17. The molecule has 1 unspecified atom stereocenters. The molecule has 1 aliphatic rings. The molecule has 0 amide bonds. The van der Waals surface area contributed by atoms with Crippen molar-refractivity contribution in [3.63, 3.8) is 0 Å². The Balaban J connectivity index is 1.77. The van der Waals surface area contributed by atoms with Crippen LogP contribution in [0, 0.1) is 0 Å². The Morgan fingerprint density at radius 2 is 2.12 bits per heavy atom. The second kappa shape index (κ2) is 7.81. The number of para-hydroxylation sites is 1. The number of fused-ring (bicyclic) bond motifs is 1. The van der Waals surface area contributed by atoms with Crippen molar-refractivity contribution < 1.29 is 9.26 Å². The topological polar surface area (TPSA) is 71.7 Å². The van der Waals surface area contributed by atoms with E-state index in [4.69, 9.17) is 9.26 Å². The molecule has 0 radical (unpaired) electrons. The Morgan fingerprint density at radius 3 is 2.85 bits per heavy atom. The van der Waals surface area contributed by atoms with Gasteiger partial charge in [0.05, 0.1) is 11.7 Å². The predicted octanol–water partition coefficient (Wildman–Crippen LogP) is 3.59. The molecule has 0 spiro atoms. The summed E-state index contributed by atoms with van der Waals surface area (Å²) in [4.78, 5) is 4.67. The van der Waals surface area contributed by atoms with Crippen molar-refractivity contribution in [2.45, 2.75) is 58.7 Å². The summed E-state index contributed by atoms with van der Waals surface area (Å²) in [6, 6.07) is 10.3. The van der Waals surface area contributed by atoms with E-state index >= 15 is 0 Å². The van der Waals surface area contributed by atoms with Gasteiger partial charge in [-0.15, -0.1) is 0 Å². The van der Waals surface area contributed by atoms with Crippen molar-refractivity contribution >= 4 is 5.96 Å². The summed E-state index contributed by atoms with van der Waals surface area (Å²) in [6.45, 7) is 9.59. The zero-order chi connectivity index (χ0) is 18.6. The summed E-state index contributed by atoms with van der Waals surface area (Å²) in [5, 5.41) is 10.9. The molecular weight excluding hydrogens is 328 g/mol. The highest BCUT2D eigenvalue weighted by Gasteiger charge is 2.33. The first-order valence-corrected chi connectivity index (χ1v) is 9.28. The molecule has 140 valence electrons. The van der Waals surface area contributed by atoms with Gasteiger partial charge in [-0.3, -0.25) is 0 Å². The minimum atomic E-state index is -0.232. The average molecular weight is 356 g/mol. The van der Waals surface area contributed by atoms with Crippen LogP contribution in [-0.4, -0.2) is 23.3 Å². The largest absolute Gasteiger partial charge is 0.487 e. The molecule has 1 atom stereocenters. The number of nitrogens with one attached hydrogen (secondary N) is 2. The minimum absolute atomic E-state index is 0.133. The maximum Gasteiger partial charge on any atom is 0.192 e. The van der Waals surface area contributed by atoms with E-state index in [1.807, 2.05) is 24.3 Å². The summed E-state index contributed by atoms with van der Waals surface area (Å²) in [6.07, 6.45) is 1.72. The first-order chi connectivity index (χ1) is 12.5. The predicted molar refractivity (Wildman–Crippen MR) is 102 cm³/mol. The molecule has 6 heteroatoms. The summed E-state index contributed by atoms with van der Waals surface area (Å²) < 4.78 is 11.4. The van der Waals surface area contributed by atoms with Gasteiger partial charge in [0.15, 0.2) is 11.7 Å². The highest BCUT2D eigenvalue weighted by atomic mass is 16.5. The van der Waals surface area contributed by atoms with E-state index in [0.717, 1.165) is 48.1 Å². The van der Waals surface area contributed by atoms with Crippen molar-refractivity contribution in [2.75, 3.05) is 6.54 Å². The molecule has 3 rings (SSSR count). The number of aromatic nitrogens is 1. The second-order valence-corrected chi connectivity index (χ2v) is 7.13. The third-order valence-corrected chi connectivity index (χ3v) is 4.39. The molecule has 2 aromatic rings. The lowest BCUT2D eigenvalue weighted by Gasteiger charge is -2.38. The molecule has 2 heterocycles. The molecule has 0 aliphatic carbocycles. The van der Waals surface area contributed by atoms with Crippen LogP contribution in [0.4, 0.5) is 0 Å². The fourth-order valence-electron chi connectivity index (χ4n) is 3.17. The van der Waals surface area contributed by atoms with Crippen LogP contribution in [0.1, 0.15) is 57.2 Å². The van der Waals surface area contributed by atoms with Gasteiger partial charge < -0.3 is 19.9 Å². The molecule has 0 saturated heterocycles. The molecule has 0 fully saturated rings. The van der Waals surface area contributed by atoms with Gasteiger partial charge in [-0.1, -0.05) is 30.3 Å². The monoisotopic (exact) mass is 356 g/mol. The van der Waals surface area contributed by atoms with Crippen molar-refractivity contribution in [3.8, 4) is 5.75 Å². The maximum absolute atomic E-state index is 6.11. The van der Waals surface area contributed by atoms with Crippen LogP contribution in [0.5, 0.6) is 5.75 Å². The Kier molecular flexibility index (Phi) is 5.49. The summed E-state index contributed by atoms with van der Waals surface area (Å²) in [7, 11) is 0. The van der Waals surface area contributed by atoms with E-state index in [1.165, 1.54) is 0 Å². The van der Waals surface area contributed by atoms with Crippen LogP contribution in [0.15, 0.2) is 39.8 Å². The Morgan fingerprint density at radius 1 is 1.31 bits per heavy atom. The van der Waals surface area contributed by atoms with Gasteiger partial charge in [0.25, 0.3) is 0 Å². The number of ether oxygens (including phenoxy) is 1.